The Kier molecular flexibility index (Phi) is 4.92. The van der Waals surface area contributed by atoms with Gasteiger partial charge < -0.3 is 4.74 Å². The van der Waals surface area contributed by atoms with Crippen molar-refractivity contribution in [1.82, 2.24) is 0 Å². The summed E-state index contributed by atoms with van der Waals surface area (Å²) in [5.74, 6) is 0.817. The van der Waals surface area contributed by atoms with Crippen molar-refractivity contribution in [3.63, 3.8) is 0 Å². The molecule has 0 aliphatic rings. The molecule has 5 nitrogen and oxygen atoms in total. The van der Waals surface area contributed by atoms with Crippen molar-refractivity contribution in [2.45, 2.75) is 6.61 Å². The van der Waals surface area contributed by atoms with Crippen LogP contribution in [0, 0.1) is 22.7 Å². The van der Waals surface area contributed by atoms with Crippen LogP contribution in [0.2, 0.25) is 0 Å². The fraction of sp³-hybridized carbons (Fsp3) is 0.0625. The summed E-state index contributed by atoms with van der Waals surface area (Å²) in [7, 11) is 0. The average Bonchev–Trinajstić information content (AvgIpc) is 2.56. The number of hydrogen-bond donors (Lipinski definition) is 1. The van der Waals surface area contributed by atoms with Crippen LogP contribution in [0.3, 0.4) is 0 Å². The van der Waals surface area contributed by atoms with Gasteiger partial charge in [-0.2, -0.15) is 15.6 Å². The Hall–Kier alpha value is -3.31. The van der Waals surface area contributed by atoms with Gasteiger partial charge in [0.25, 0.3) is 0 Å². The predicted octanol–water partition coefficient (Wildman–Crippen LogP) is 3.08. The van der Waals surface area contributed by atoms with Gasteiger partial charge in [-0.1, -0.05) is 30.3 Å². The van der Waals surface area contributed by atoms with Crippen LogP contribution in [-0.4, -0.2) is 5.71 Å². The number of hydrogen-bond acceptors (Lipinski definition) is 5. The highest BCUT2D eigenvalue weighted by atomic mass is 16.5. The topological polar surface area (TPSA) is 81.2 Å². The molecule has 0 saturated heterocycles. The summed E-state index contributed by atoms with van der Waals surface area (Å²) in [4.78, 5) is 0. The van der Waals surface area contributed by atoms with Crippen LogP contribution in [-0.2, 0) is 6.61 Å². The molecule has 0 aliphatic carbocycles. The van der Waals surface area contributed by atoms with Gasteiger partial charge >= 0.3 is 0 Å². The molecule has 1 N–H and O–H groups in total. The minimum atomic E-state index is -0.216. The van der Waals surface area contributed by atoms with E-state index in [1.54, 1.807) is 24.3 Å². The number of benzene rings is 2. The fourth-order valence-electron chi connectivity index (χ4n) is 1.55. The van der Waals surface area contributed by atoms with Crippen molar-refractivity contribution in [3.8, 4) is 17.9 Å². The van der Waals surface area contributed by atoms with Gasteiger partial charge in [-0.3, -0.25) is 5.43 Å². The summed E-state index contributed by atoms with van der Waals surface area (Å²) >= 11 is 0. The van der Waals surface area contributed by atoms with Crippen molar-refractivity contribution in [1.29, 1.82) is 10.5 Å². The Morgan fingerprint density at radius 2 is 1.67 bits per heavy atom. The Morgan fingerprint density at radius 3 is 2.29 bits per heavy atom. The average molecular weight is 276 g/mol. The molecule has 5 heteroatoms. The first-order valence-electron chi connectivity index (χ1n) is 6.22. The number of para-hydroxylation sites is 1. The van der Waals surface area contributed by atoms with E-state index in [9.17, 15) is 0 Å². The molecule has 0 aromatic heterocycles. The largest absolute Gasteiger partial charge is 0.489 e. The van der Waals surface area contributed by atoms with Crippen LogP contribution in [0.15, 0.2) is 59.7 Å². The Morgan fingerprint density at radius 1 is 1.00 bits per heavy atom. The lowest BCUT2D eigenvalue weighted by atomic mass is 10.2. The molecule has 0 radical (unpaired) electrons. The molecule has 0 bridgehead atoms. The quantitative estimate of drug-likeness (QED) is 0.672. The van der Waals surface area contributed by atoms with Crippen LogP contribution in [0.1, 0.15) is 5.56 Å². The summed E-state index contributed by atoms with van der Waals surface area (Å²) in [5.41, 5.74) is 4.14. The van der Waals surface area contributed by atoms with E-state index < -0.39 is 0 Å². The van der Waals surface area contributed by atoms with Gasteiger partial charge in [-0.15, -0.1) is 0 Å². The second kappa shape index (κ2) is 7.32. The molecule has 2 aromatic carbocycles. The lowest BCUT2D eigenvalue weighted by Crippen LogP contribution is -1.98. The third-order valence-corrected chi connectivity index (χ3v) is 2.61. The SMILES string of the molecule is N#CC(C#N)=NNc1ccc(COc2ccccc2)cc1. The number of nitrogens with zero attached hydrogens (tertiary/aromatic N) is 3. The molecular weight excluding hydrogens is 264 g/mol. The first-order valence-corrected chi connectivity index (χ1v) is 6.22. The van der Waals surface area contributed by atoms with Crippen molar-refractivity contribution in [3.05, 3.63) is 60.2 Å². The molecule has 0 amide bonds. The number of hydrazone groups is 1. The van der Waals surface area contributed by atoms with E-state index in [-0.39, 0.29) is 5.71 Å². The van der Waals surface area contributed by atoms with Crippen LogP contribution < -0.4 is 10.2 Å². The van der Waals surface area contributed by atoms with Crippen molar-refractivity contribution in [2.75, 3.05) is 5.43 Å². The van der Waals surface area contributed by atoms with Gasteiger partial charge in [0.05, 0.1) is 5.69 Å². The zero-order valence-corrected chi connectivity index (χ0v) is 11.2. The fourth-order valence-corrected chi connectivity index (χ4v) is 1.55. The number of nitrogens with one attached hydrogen (secondary N) is 1. The van der Waals surface area contributed by atoms with E-state index in [0.717, 1.165) is 11.3 Å². The van der Waals surface area contributed by atoms with Gasteiger partial charge in [-0.05, 0) is 29.8 Å². The van der Waals surface area contributed by atoms with Crippen LogP contribution in [0.25, 0.3) is 0 Å². The molecular formula is C16H12N4O. The van der Waals surface area contributed by atoms with E-state index in [4.69, 9.17) is 15.3 Å². The zero-order chi connectivity index (χ0) is 14.9. The molecule has 0 aliphatic heterocycles. The Balaban J connectivity index is 1.92. The number of nitriles is 2. The van der Waals surface area contributed by atoms with E-state index >= 15 is 0 Å². The Labute approximate surface area is 122 Å². The van der Waals surface area contributed by atoms with Crippen molar-refractivity contribution in [2.24, 2.45) is 5.10 Å². The van der Waals surface area contributed by atoms with Gasteiger partial charge in [0.15, 0.2) is 0 Å². The van der Waals surface area contributed by atoms with Crippen molar-refractivity contribution < 1.29 is 4.74 Å². The number of rotatable bonds is 5. The van der Waals surface area contributed by atoms with E-state index in [1.807, 2.05) is 42.5 Å². The third-order valence-electron chi connectivity index (χ3n) is 2.61. The standard InChI is InChI=1S/C16H12N4O/c17-10-15(11-18)20-19-14-8-6-13(7-9-14)12-21-16-4-2-1-3-5-16/h1-9,19H,12H2. The van der Waals surface area contributed by atoms with Crippen LogP contribution in [0.5, 0.6) is 5.75 Å². The maximum atomic E-state index is 8.57. The molecule has 0 heterocycles. The first kappa shape index (κ1) is 14.1. The lowest BCUT2D eigenvalue weighted by Gasteiger charge is -2.06. The van der Waals surface area contributed by atoms with Gasteiger partial charge in [0.2, 0.25) is 5.71 Å². The highest BCUT2D eigenvalue weighted by Crippen LogP contribution is 2.14. The minimum absolute atomic E-state index is 0.216. The van der Waals surface area contributed by atoms with Crippen LogP contribution in [0.4, 0.5) is 5.69 Å². The third kappa shape index (κ3) is 4.38. The highest BCUT2D eigenvalue weighted by molar-refractivity contribution is 6.10. The van der Waals surface area contributed by atoms with Gasteiger partial charge in [-0.25, -0.2) is 0 Å². The summed E-state index contributed by atoms with van der Waals surface area (Å²) in [6.07, 6.45) is 0. The van der Waals surface area contributed by atoms with Gasteiger partial charge in [0, 0.05) is 0 Å². The number of ether oxygens (including phenoxy) is 1. The second-order valence-corrected chi connectivity index (χ2v) is 4.09. The van der Waals surface area contributed by atoms with Gasteiger partial charge in [0.1, 0.15) is 24.5 Å². The Bertz CT molecular complexity index is 678. The lowest BCUT2D eigenvalue weighted by molar-refractivity contribution is 0.306. The smallest absolute Gasteiger partial charge is 0.237 e. The van der Waals surface area contributed by atoms with E-state index in [0.29, 0.717) is 12.3 Å². The molecule has 2 rings (SSSR count). The molecule has 0 unspecified atom stereocenters. The zero-order valence-electron chi connectivity index (χ0n) is 11.2. The van der Waals surface area contributed by atoms with E-state index in [1.165, 1.54) is 0 Å². The molecule has 0 atom stereocenters. The highest BCUT2D eigenvalue weighted by Gasteiger charge is 1.97. The molecule has 0 fully saturated rings. The molecule has 21 heavy (non-hydrogen) atoms. The normalized spacial score (nSPS) is 9.05. The number of anilines is 1. The molecule has 0 saturated carbocycles. The molecule has 0 spiro atoms. The summed E-state index contributed by atoms with van der Waals surface area (Å²) in [6.45, 7) is 0.467. The molecule has 102 valence electrons. The van der Waals surface area contributed by atoms with E-state index in [2.05, 4.69) is 10.5 Å². The minimum Gasteiger partial charge on any atom is -0.489 e. The first-order chi connectivity index (χ1) is 10.3. The monoisotopic (exact) mass is 276 g/mol. The predicted molar refractivity (Wildman–Crippen MR) is 79.5 cm³/mol. The maximum absolute atomic E-state index is 8.57. The second-order valence-electron chi connectivity index (χ2n) is 4.09. The summed E-state index contributed by atoms with van der Waals surface area (Å²) in [6, 6.07) is 20.3. The summed E-state index contributed by atoms with van der Waals surface area (Å²) in [5, 5.41) is 20.8. The summed E-state index contributed by atoms with van der Waals surface area (Å²) < 4.78 is 5.63. The maximum Gasteiger partial charge on any atom is 0.237 e. The molecule has 2 aromatic rings. The van der Waals surface area contributed by atoms with Crippen molar-refractivity contribution >= 4 is 11.4 Å². The van der Waals surface area contributed by atoms with Crippen LogP contribution >= 0.6 is 0 Å².